The number of aliphatic carboxylic acids is 1. The molecule has 0 saturated heterocycles. The number of aryl methyl sites for hydroxylation is 1. The molecule has 194 valence electrons. The molecule has 1 amide bonds. The average molecular weight is 513 g/mol. The predicted octanol–water partition coefficient (Wildman–Crippen LogP) is 6.75. The van der Waals surface area contributed by atoms with Crippen LogP contribution < -0.4 is 10.1 Å². The van der Waals surface area contributed by atoms with Gasteiger partial charge in [-0.05, 0) is 61.1 Å². The number of carboxylic acid groups (broad SMARTS) is 1. The first kappa shape index (κ1) is 25.1. The monoisotopic (exact) mass is 512 g/mol. The van der Waals surface area contributed by atoms with Gasteiger partial charge in [-0.15, -0.1) is 0 Å². The van der Waals surface area contributed by atoms with Crippen molar-refractivity contribution in [2.75, 3.05) is 12.4 Å². The Kier molecular flexibility index (Phi) is 6.63. The van der Waals surface area contributed by atoms with Crippen LogP contribution in [0.4, 0.5) is 10.5 Å². The maximum atomic E-state index is 12.7. The first-order chi connectivity index (χ1) is 18.3. The fourth-order valence-electron chi connectivity index (χ4n) is 4.52. The quantitative estimate of drug-likeness (QED) is 0.269. The Bertz CT molecular complexity index is 1470. The summed E-state index contributed by atoms with van der Waals surface area (Å²) in [5, 5.41) is 16.3. The van der Waals surface area contributed by atoms with E-state index in [0.29, 0.717) is 35.7 Å². The van der Waals surface area contributed by atoms with Gasteiger partial charge in [0, 0.05) is 5.56 Å². The Hall–Kier alpha value is -4.59. The van der Waals surface area contributed by atoms with E-state index >= 15 is 0 Å². The highest BCUT2D eigenvalue weighted by Crippen LogP contribution is 2.48. The molecule has 0 bridgehead atoms. The van der Waals surface area contributed by atoms with Gasteiger partial charge in [-0.25, -0.2) is 4.79 Å². The highest BCUT2D eigenvalue weighted by atomic mass is 16.6. The number of carbonyl (C=O) groups is 2. The summed E-state index contributed by atoms with van der Waals surface area (Å²) in [5.74, 6) is 0.342. The summed E-state index contributed by atoms with van der Waals surface area (Å²) in [5.41, 5.74) is 4.58. The van der Waals surface area contributed by atoms with Gasteiger partial charge in [-0.2, -0.15) is 0 Å². The molecule has 4 aromatic rings. The van der Waals surface area contributed by atoms with Gasteiger partial charge in [-0.1, -0.05) is 65.8 Å². The number of anilines is 1. The van der Waals surface area contributed by atoms with E-state index in [1.807, 2.05) is 72.8 Å². The van der Waals surface area contributed by atoms with Gasteiger partial charge in [0.25, 0.3) is 0 Å². The average Bonchev–Trinajstić information content (AvgIpc) is 3.68. The second-order valence-electron chi connectivity index (χ2n) is 9.46. The number of nitrogens with zero attached hydrogens (tertiary/aromatic N) is 1. The van der Waals surface area contributed by atoms with Gasteiger partial charge in [0.15, 0.2) is 5.76 Å². The molecule has 8 nitrogen and oxygen atoms in total. The van der Waals surface area contributed by atoms with Crippen LogP contribution in [-0.4, -0.2) is 29.4 Å². The van der Waals surface area contributed by atoms with Crippen molar-refractivity contribution < 1.29 is 28.7 Å². The lowest BCUT2D eigenvalue weighted by Crippen LogP contribution is -2.19. The van der Waals surface area contributed by atoms with Crippen LogP contribution in [0.3, 0.4) is 0 Å². The van der Waals surface area contributed by atoms with Crippen molar-refractivity contribution in [3.8, 4) is 28.2 Å². The second kappa shape index (κ2) is 10.0. The summed E-state index contributed by atoms with van der Waals surface area (Å²) in [4.78, 5) is 24.3. The topological polar surface area (TPSA) is 111 Å². The molecule has 0 aliphatic heterocycles. The zero-order chi connectivity index (χ0) is 26.9. The highest BCUT2D eigenvalue weighted by molar-refractivity contribution is 5.91. The molecule has 1 fully saturated rings. The lowest BCUT2D eigenvalue weighted by molar-refractivity contribution is -0.140. The summed E-state index contributed by atoms with van der Waals surface area (Å²) < 4.78 is 16.4. The molecule has 0 unspecified atom stereocenters. The Morgan fingerprint density at radius 3 is 2.24 bits per heavy atom. The normalized spacial score (nSPS) is 14.4. The van der Waals surface area contributed by atoms with Crippen LogP contribution in [0.1, 0.15) is 42.7 Å². The van der Waals surface area contributed by atoms with E-state index in [1.165, 1.54) is 0 Å². The number of ether oxygens (including phenoxy) is 2. The molecular weight excluding hydrogens is 484 g/mol. The number of aromatic nitrogens is 1. The standard InChI is InChI=1S/C30H28N2O6/c1-18-26(31-29(35)37-19(2)23-5-4-6-25(17-23)36-3)27(38-32-18)22-9-7-20(8-10-22)21-11-13-24(14-12-21)30(15-16-30)28(33)34/h4-14,17,19H,15-16H2,1-3H3,(H,31,35)(H,33,34)/t19-/m1/s1. The van der Waals surface area contributed by atoms with Gasteiger partial charge in [0.2, 0.25) is 0 Å². The number of carboxylic acids is 1. The summed E-state index contributed by atoms with van der Waals surface area (Å²) in [6.45, 7) is 3.53. The minimum absolute atomic E-state index is 0.424. The molecule has 3 aromatic carbocycles. The number of amides is 1. The third kappa shape index (κ3) is 4.85. The predicted molar refractivity (Wildman–Crippen MR) is 142 cm³/mol. The number of carbonyl (C=O) groups excluding carboxylic acids is 1. The molecule has 1 saturated carbocycles. The molecule has 1 aliphatic carbocycles. The number of benzene rings is 3. The van der Waals surface area contributed by atoms with Gasteiger partial charge in [0.1, 0.15) is 23.2 Å². The lowest BCUT2D eigenvalue weighted by atomic mass is 9.93. The molecule has 2 N–H and O–H groups in total. The van der Waals surface area contributed by atoms with Crippen molar-refractivity contribution in [1.82, 2.24) is 5.16 Å². The van der Waals surface area contributed by atoms with Crippen molar-refractivity contribution in [2.45, 2.75) is 38.2 Å². The first-order valence-corrected chi connectivity index (χ1v) is 12.3. The van der Waals surface area contributed by atoms with E-state index in [1.54, 1.807) is 21.0 Å². The van der Waals surface area contributed by atoms with Crippen molar-refractivity contribution in [3.63, 3.8) is 0 Å². The summed E-state index contributed by atoms with van der Waals surface area (Å²) in [6, 6.07) is 22.7. The van der Waals surface area contributed by atoms with E-state index < -0.39 is 23.6 Å². The van der Waals surface area contributed by atoms with Crippen LogP contribution in [0.15, 0.2) is 77.3 Å². The van der Waals surface area contributed by atoms with Gasteiger partial charge < -0.3 is 19.1 Å². The zero-order valence-electron chi connectivity index (χ0n) is 21.4. The van der Waals surface area contributed by atoms with E-state index in [4.69, 9.17) is 14.0 Å². The summed E-state index contributed by atoms with van der Waals surface area (Å²) in [7, 11) is 1.58. The maximum Gasteiger partial charge on any atom is 0.412 e. The molecule has 1 aliphatic rings. The smallest absolute Gasteiger partial charge is 0.412 e. The fraction of sp³-hybridized carbons (Fsp3) is 0.233. The van der Waals surface area contributed by atoms with Gasteiger partial charge >= 0.3 is 12.1 Å². The van der Waals surface area contributed by atoms with Crippen molar-refractivity contribution in [1.29, 1.82) is 0 Å². The minimum Gasteiger partial charge on any atom is -0.497 e. The Labute approximate surface area is 220 Å². The first-order valence-electron chi connectivity index (χ1n) is 12.3. The van der Waals surface area contributed by atoms with Crippen LogP contribution in [-0.2, 0) is 14.9 Å². The number of hydrogen-bond donors (Lipinski definition) is 2. The van der Waals surface area contributed by atoms with Crippen LogP contribution in [0, 0.1) is 6.92 Å². The number of methoxy groups -OCH3 is 1. The third-order valence-electron chi connectivity index (χ3n) is 7.01. The SMILES string of the molecule is COc1cccc([C@@H](C)OC(=O)Nc2c(C)noc2-c2ccc(-c3ccc(C4(C(=O)O)CC4)cc3)cc2)c1. The molecule has 5 rings (SSSR count). The minimum atomic E-state index is -0.764. The number of hydrogen-bond acceptors (Lipinski definition) is 6. The van der Waals surface area contributed by atoms with Crippen molar-refractivity contribution in [2.24, 2.45) is 0 Å². The van der Waals surface area contributed by atoms with Gasteiger partial charge in [-0.3, -0.25) is 10.1 Å². The molecular formula is C30H28N2O6. The molecule has 1 atom stereocenters. The Morgan fingerprint density at radius 2 is 1.63 bits per heavy atom. The Balaban J connectivity index is 1.29. The Morgan fingerprint density at radius 1 is 1.00 bits per heavy atom. The van der Waals surface area contributed by atoms with E-state index in [0.717, 1.165) is 27.8 Å². The second-order valence-corrected chi connectivity index (χ2v) is 9.46. The molecule has 1 aromatic heterocycles. The zero-order valence-corrected chi connectivity index (χ0v) is 21.4. The largest absolute Gasteiger partial charge is 0.497 e. The number of rotatable bonds is 8. The van der Waals surface area contributed by atoms with E-state index in [-0.39, 0.29) is 0 Å². The van der Waals surface area contributed by atoms with Crippen molar-refractivity contribution in [3.05, 3.63) is 89.6 Å². The van der Waals surface area contributed by atoms with Crippen LogP contribution in [0.2, 0.25) is 0 Å². The van der Waals surface area contributed by atoms with Crippen LogP contribution in [0.25, 0.3) is 22.5 Å². The fourth-order valence-corrected chi connectivity index (χ4v) is 4.52. The maximum absolute atomic E-state index is 12.7. The summed E-state index contributed by atoms with van der Waals surface area (Å²) >= 11 is 0. The molecule has 1 heterocycles. The van der Waals surface area contributed by atoms with Gasteiger partial charge in [0.05, 0.1) is 12.5 Å². The van der Waals surface area contributed by atoms with Crippen LogP contribution in [0.5, 0.6) is 5.75 Å². The molecule has 0 radical (unpaired) electrons. The van der Waals surface area contributed by atoms with Crippen molar-refractivity contribution >= 4 is 17.7 Å². The highest BCUT2D eigenvalue weighted by Gasteiger charge is 2.51. The van der Waals surface area contributed by atoms with E-state index in [9.17, 15) is 14.7 Å². The summed E-state index contributed by atoms with van der Waals surface area (Å²) in [6.07, 6.45) is 0.234. The number of nitrogens with one attached hydrogen (secondary N) is 1. The van der Waals surface area contributed by atoms with Crippen LogP contribution >= 0.6 is 0 Å². The molecule has 8 heteroatoms. The van der Waals surface area contributed by atoms with E-state index in [2.05, 4.69) is 10.5 Å². The lowest BCUT2D eigenvalue weighted by Gasteiger charge is -2.15. The molecule has 38 heavy (non-hydrogen) atoms. The molecule has 0 spiro atoms. The third-order valence-corrected chi connectivity index (χ3v) is 7.01.